The predicted octanol–water partition coefficient (Wildman–Crippen LogP) is 5.59. The number of para-hydroxylation sites is 1. The van der Waals surface area contributed by atoms with Crippen LogP contribution in [0.5, 0.6) is 11.5 Å². The van der Waals surface area contributed by atoms with Gasteiger partial charge in [0, 0.05) is 17.5 Å². The smallest absolute Gasteiger partial charge is 0.345 e. The Morgan fingerprint density at radius 1 is 0.943 bits per heavy atom. The van der Waals surface area contributed by atoms with Gasteiger partial charge in [0.15, 0.2) is 12.4 Å². The van der Waals surface area contributed by atoms with E-state index in [0.717, 1.165) is 24.3 Å². The number of fused-ring (bicyclic) bond motifs is 1. The molecule has 1 atom stereocenters. The molecule has 1 aliphatic heterocycles. The minimum absolute atomic E-state index is 0.0295. The van der Waals surface area contributed by atoms with E-state index >= 15 is 0 Å². The van der Waals surface area contributed by atoms with Crippen LogP contribution in [0.2, 0.25) is 5.02 Å². The van der Waals surface area contributed by atoms with Crippen molar-refractivity contribution < 1.29 is 52.2 Å². The number of rotatable bonds is 15. The number of hydrogen-bond acceptors (Lipinski definition) is 13. The number of aromatic nitrogens is 1. The Morgan fingerprint density at radius 2 is 1.66 bits per heavy atom. The summed E-state index contributed by atoms with van der Waals surface area (Å²) in [5.74, 6) is -3.77. The highest BCUT2D eigenvalue weighted by Gasteiger charge is 2.43. The first-order chi connectivity index (χ1) is 25.3. The number of hydrogen-bond donors (Lipinski definition) is 1. The molecule has 4 aromatic rings. The van der Waals surface area contributed by atoms with Gasteiger partial charge in [0.05, 0.1) is 34.2 Å². The molecule has 1 aliphatic rings. The molecule has 0 aliphatic carbocycles. The van der Waals surface area contributed by atoms with Gasteiger partial charge in [-0.1, -0.05) is 43.6 Å². The zero-order chi connectivity index (χ0) is 38.3. The van der Waals surface area contributed by atoms with Crippen molar-refractivity contribution in [1.29, 1.82) is 0 Å². The van der Waals surface area contributed by atoms with E-state index in [1.165, 1.54) is 12.1 Å². The number of amidine groups is 1. The van der Waals surface area contributed by atoms with Gasteiger partial charge in [0.1, 0.15) is 47.3 Å². The normalized spacial score (nSPS) is 15.1. The molecule has 5 rings (SSSR count). The number of pyridine rings is 1. The summed E-state index contributed by atoms with van der Waals surface area (Å²) in [5.41, 5.74) is -1.30. The van der Waals surface area contributed by atoms with Crippen LogP contribution in [0.15, 0.2) is 71.7 Å². The molecule has 0 fully saturated rings. The van der Waals surface area contributed by atoms with Crippen LogP contribution in [-0.2, 0) is 28.5 Å². The third-order valence-electron chi connectivity index (χ3n) is 8.11. The molecule has 0 saturated carbocycles. The quantitative estimate of drug-likeness (QED) is 0.0521. The Bertz CT molecular complexity index is 2130. The summed E-state index contributed by atoms with van der Waals surface area (Å²) >= 11 is 5.96. The zero-order valence-electron chi connectivity index (χ0n) is 28.6. The number of nitrogens with one attached hydrogen (secondary N) is 1. The fourth-order valence-corrected chi connectivity index (χ4v) is 5.12. The van der Waals surface area contributed by atoms with Gasteiger partial charge >= 0.3 is 17.9 Å². The minimum Gasteiger partial charge on any atom is -0.461 e. The van der Waals surface area contributed by atoms with Crippen molar-refractivity contribution in [3.05, 3.63) is 105 Å². The number of amides is 1. The first kappa shape index (κ1) is 38.2. The summed E-state index contributed by atoms with van der Waals surface area (Å²) in [4.78, 5) is 70.6. The predicted molar refractivity (Wildman–Crippen MR) is 187 cm³/mol. The minimum atomic E-state index is -1.21. The van der Waals surface area contributed by atoms with E-state index in [0.29, 0.717) is 10.9 Å². The lowest BCUT2D eigenvalue weighted by Gasteiger charge is -2.21. The Labute approximate surface area is 306 Å². The molecular formula is C36H32ClFN4O11. The maximum Gasteiger partial charge on any atom is 0.345 e. The van der Waals surface area contributed by atoms with E-state index in [2.05, 4.69) is 15.3 Å². The number of nitrogens with zero attached hydrogens (tertiary/aromatic N) is 3. The van der Waals surface area contributed by atoms with Gasteiger partial charge in [0.2, 0.25) is 0 Å². The van der Waals surface area contributed by atoms with Crippen LogP contribution < -0.4 is 10.1 Å². The number of carbonyl (C=O) groups is 4. The summed E-state index contributed by atoms with van der Waals surface area (Å²) in [6.07, 6.45) is 0. The number of aliphatic imine (C=N–C) groups is 1. The Kier molecular flexibility index (Phi) is 11.9. The van der Waals surface area contributed by atoms with Crippen molar-refractivity contribution in [1.82, 2.24) is 10.3 Å². The van der Waals surface area contributed by atoms with Crippen LogP contribution >= 0.6 is 11.6 Å². The molecule has 1 aromatic heterocycles. The number of benzene rings is 3. The van der Waals surface area contributed by atoms with Crippen LogP contribution in [0, 0.1) is 21.8 Å². The zero-order valence-corrected chi connectivity index (χ0v) is 29.3. The second-order valence-electron chi connectivity index (χ2n) is 12.0. The lowest BCUT2D eigenvalue weighted by Crippen LogP contribution is -2.41. The maximum atomic E-state index is 13.4. The van der Waals surface area contributed by atoms with E-state index in [1.54, 1.807) is 37.3 Å². The molecule has 1 unspecified atom stereocenters. The van der Waals surface area contributed by atoms with Crippen molar-refractivity contribution in [3.8, 4) is 11.5 Å². The van der Waals surface area contributed by atoms with E-state index in [9.17, 15) is 33.7 Å². The molecule has 17 heteroatoms. The van der Waals surface area contributed by atoms with Gasteiger partial charge in [-0.2, -0.15) is 0 Å². The molecule has 0 radical (unpaired) electrons. The Balaban J connectivity index is 1.08. The third kappa shape index (κ3) is 9.09. The molecule has 1 N–H and O–H groups in total. The van der Waals surface area contributed by atoms with Gasteiger partial charge in [0.25, 0.3) is 11.6 Å². The van der Waals surface area contributed by atoms with Crippen molar-refractivity contribution in [3.63, 3.8) is 0 Å². The number of halogens is 2. The van der Waals surface area contributed by atoms with Crippen molar-refractivity contribution in [2.24, 2.45) is 10.9 Å². The maximum absolute atomic E-state index is 13.4. The average molecular weight is 751 g/mol. The van der Waals surface area contributed by atoms with E-state index in [-0.39, 0.29) is 71.9 Å². The van der Waals surface area contributed by atoms with Crippen molar-refractivity contribution in [2.75, 3.05) is 33.0 Å². The van der Waals surface area contributed by atoms with E-state index in [1.807, 2.05) is 13.8 Å². The number of ether oxygens (including phenoxy) is 5. The lowest BCUT2D eigenvalue weighted by atomic mass is 9.89. The van der Waals surface area contributed by atoms with Gasteiger partial charge in [-0.3, -0.25) is 14.9 Å². The van der Waals surface area contributed by atoms with E-state index < -0.39 is 52.0 Å². The first-order valence-corrected chi connectivity index (χ1v) is 16.4. The molecule has 15 nitrogen and oxygen atoms in total. The summed E-state index contributed by atoms with van der Waals surface area (Å²) < 4.78 is 39.5. The topological polar surface area (TPSA) is 195 Å². The van der Waals surface area contributed by atoms with Crippen LogP contribution in [0.3, 0.4) is 0 Å². The summed E-state index contributed by atoms with van der Waals surface area (Å²) in [6, 6.07) is 15.3. The number of carbonyl (C=O) groups excluding carboxylic acids is 4. The molecule has 0 bridgehead atoms. The van der Waals surface area contributed by atoms with Gasteiger partial charge < -0.3 is 29.0 Å². The average Bonchev–Trinajstić information content (AvgIpc) is 3.45. The molecular weight excluding hydrogens is 719 g/mol. The molecule has 53 heavy (non-hydrogen) atoms. The monoisotopic (exact) mass is 750 g/mol. The van der Waals surface area contributed by atoms with Crippen LogP contribution in [-0.4, -0.2) is 78.1 Å². The van der Waals surface area contributed by atoms with Crippen molar-refractivity contribution >= 4 is 57.8 Å². The molecule has 0 spiro atoms. The van der Waals surface area contributed by atoms with Gasteiger partial charge in [-0.05, 0) is 49.2 Å². The van der Waals surface area contributed by atoms with Crippen LogP contribution in [0.25, 0.3) is 10.9 Å². The fraction of sp³-hybridized carbons (Fsp3) is 0.278. The largest absolute Gasteiger partial charge is 0.461 e. The second kappa shape index (κ2) is 16.6. The third-order valence-corrected chi connectivity index (χ3v) is 8.40. The van der Waals surface area contributed by atoms with Gasteiger partial charge in [-0.25, -0.2) is 28.8 Å². The molecule has 1 amide bonds. The molecule has 2 heterocycles. The highest BCUT2D eigenvalue weighted by Crippen LogP contribution is 2.33. The SMILES string of the molecule is CC(C)C1(C)N=C(c2nc3ccccc3cc2C(=O)OCCOCCOC(=O)COC(=O)c2cc(Oc3ccc(F)cc3Cl)ccc2[N+](=O)[O-])NC1=O. The molecule has 276 valence electrons. The lowest BCUT2D eigenvalue weighted by molar-refractivity contribution is -0.385. The number of esters is 3. The number of nitro benzene ring substituents is 1. The van der Waals surface area contributed by atoms with Crippen molar-refractivity contribution in [2.45, 2.75) is 26.3 Å². The number of nitro groups is 1. The fourth-order valence-electron chi connectivity index (χ4n) is 4.92. The van der Waals surface area contributed by atoms with Crippen LogP contribution in [0.1, 0.15) is 47.2 Å². The summed E-state index contributed by atoms with van der Waals surface area (Å²) in [7, 11) is 0. The highest BCUT2D eigenvalue weighted by molar-refractivity contribution is 6.32. The molecule has 0 saturated heterocycles. The Hall–Kier alpha value is -6.00. The highest BCUT2D eigenvalue weighted by atomic mass is 35.5. The molecule has 3 aromatic carbocycles. The second-order valence-corrected chi connectivity index (χ2v) is 12.4. The van der Waals surface area contributed by atoms with Crippen LogP contribution in [0.4, 0.5) is 10.1 Å². The van der Waals surface area contributed by atoms with Gasteiger partial charge in [-0.15, -0.1) is 0 Å². The summed E-state index contributed by atoms with van der Waals surface area (Å²) in [6.45, 7) is 3.99. The Morgan fingerprint density at radius 3 is 2.36 bits per heavy atom. The van der Waals surface area contributed by atoms with E-state index in [4.69, 9.17) is 35.3 Å². The first-order valence-electron chi connectivity index (χ1n) is 16.1. The summed E-state index contributed by atoms with van der Waals surface area (Å²) in [5, 5.41) is 14.8. The standard InChI is InChI=1S/C36H32ClFN4O11/c1-20(2)36(3)35(46)40-32(41-36)31-25(16-21-6-4-5-7-27(21)39-31)34(45)51-15-13-49-12-14-50-30(43)19-52-33(44)24-18-23(9-10-28(24)42(47)48)53-29-11-8-22(38)17-26(29)37/h4-11,16-18,20H,12-15,19H2,1-3H3,(H,40,41,46).